The Hall–Kier alpha value is -4.99. The summed E-state index contributed by atoms with van der Waals surface area (Å²) >= 11 is 0. The minimum Gasteiger partial charge on any atom is -0.497 e. The van der Waals surface area contributed by atoms with E-state index in [0.29, 0.717) is 11.5 Å². The number of aromatic nitrogens is 4. The fourth-order valence-corrected chi connectivity index (χ4v) is 7.19. The van der Waals surface area contributed by atoms with E-state index in [1.54, 1.807) is 0 Å². The van der Waals surface area contributed by atoms with Gasteiger partial charge in [0.2, 0.25) is 0 Å². The van der Waals surface area contributed by atoms with Gasteiger partial charge in [-0.15, -0.1) is 12.1 Å². The summed E-state index contributed by atoms with van der Waals surface area (Å²) in [6, 6.07) is 36.7. The maximum absolute atomic E-state index is 6.48. The van der Waals surface area contributed by atoms with Crippen LogP contribution in [0.2, 0.25) is 0 Å². The largest absolute Gasteiger partial charge is 2.00 e. The van der Waals surface area contributed by atoms with Crippen molar-refractivity contribution in [1.29, 1.82) is 0 Å². The summed E-state index contributed by atoms with van der Waals surface area (Å²) in [4.78, 5) is 9.84. The molecule has 6 heteroatoms. The Labute approximate surface area is 280 Å². The SMILES string of the molecule is Cc1cc(C)c(-c2cnc3c4[c-]c(Oc5[c-]c6c(cc5)c5ccccc5n5cc(C)nc65)ccc4c4ccccc4n23)c(C)c1.[Pt+2]. The number of aryl methyl sites for hydroxylation is 4. The Bertz CT molecular complexity index is 2660. The van der Waals surface area contributed by atoms with Crippen molar-refractivity contribution in [2.24, 2.45) is 0 Å². The van der Waals surface area contributed by atoms with Crippen molar-refractivity contribution in [2.75, 3.05) is 0 Å². The molecule has 0 aliphatic carbocycles. The standard InChI is InChI=1S/C40H28N4O.Pt/c1-23-17-24(2)38(25(3)18-23)37-21-41-39-33-19-27(14-16-30(33)32-10-6-8-12-36(32)44(37)39)45-28-13-15-29-31-9-5-7-11-35(31)43-22-26(4)42-40(43)34(29)20-28;/h5-18,21-22H,1-4H3;/q-2;+2. The van der Waals surface area contributed by atoms with E-state index in [9.17, 15) is 0 Å². The summed E-state index contributed by atoms with van der Waals surface area (Å²) in [6.07, 6.45) is 4.07. The second-order valence-corrected chi connectivity index (χ2v) is 12.0. The molecule has 0 spiro atoms. The third kappa shape index (κ3) is 4.19. The van der Waals surface area contributed by atoms with Crippen LogP contribution in [-0.2, 0) is 21.1 Å². The quantitative estimate of drug-likeness (QED) is 0.133. The maximum atomic E-state index is 6.48. The third-order valence-corrected chi connectivity index (χ3v) is 8.92. The van der Waals surface area contributed by atoms with E-state index in [1.165, 1.54) is 22.3 Å². The van der Waals surface area contributed by atoms with Gasteiger partial charge in [0.1, 0.15) is 0 Å². The predicted octanol–water partition coefficient (Wildman–Crippen LogP) is 9.89. The molecule has 9 rings (SSSR count). The first kappa shape index (κ1) is 28.5. The molecule has 5 nitrogen and oxygen atoms in total. The van der Waals surface area contributed by atoms with Gasteiger partial charge in [-0.25, -0.2) is 0 Å². The molecule has 0 aliphatic heterocycles. The van der Waals surface area contributed by atoms with E-state index < -0.39 is 0 Å². The van der Waals surface area contributed by atoms with Crippen molar-refractivity contribution in [2.45, 2.75) is 27.7 Å². The minimum absolute atomic E-state index is 0. The molecule has 0 atom stereocenters. The minimum atomic E-state index is 0. The second kappa shape index (κ2) is 10.5. The number of fused-ring (bicyclic) bond motifs is 12. The Morgan fingerprint density at radius 3 is 1.91 bits per heavy atom. The average molecular weight is 776 g/mol. The van der Waals surface area contributed by atoms with Crippen LogP contribution in [0.4, 0.5) is 0 Å². The number of nitrogens with zero attached hydrogens (tertiary/aromatic N) is 4. The molecule has 4 heterocycles. The van der Waals surface area contributed by atoms with E-state index >= 15 is 0 Å². The van der Waals surface area contributed by atoms with Gasteiger partial charge in [0.05, 0.1) is 17.0 Å². The van der Waals surface area contributed by atoms with E-state index in [4.69, 9.17) is 14.7 Å². The van der Waals surface area contributed by atoms with Crippen molar-refractivity contribution in [1.82, 2.24) is 18.8 Å². The first-order valence-corrected chi connectivity index (χ1v) is 15.2. The molecule has 0 saturated heterocycles. The fraction of sp³-hybridized carbons (Fsp3) is 0.100. The Morgan fingerprint density at radius 1 is 0.652 bits per heavy atom. The van der Waals surface area contributed by atoms with Gasteiger partial charge in [-0.2, -0.15) is 0 Å². The van der Waals surface area contributed by atoms with Gasteiger partial charge < -0.3 is 13.5 Å². The van der Waals surface area contributed by atoms with Crippen molar-refractivity contribution >= 4 is 54.6 Å². The number of hydrogen-bond acceptors (Lipinski definition) is 3. The average Bonchev–Trinajstić information content (AvgIpc) is 3.65. The zero-order valence-corrected chi connectivity index (χ0v) is 28.0. The van der Waals surface area contributed by atoms with Gasteiger partial charge in [-0.05, 0) is 61.7 Å². The summed E-state index contributed by atoms with van der Waals surface area (Å²) < 4.78 is 10.9. The zero-order chi connectivity index (χ0) is 30.4. The molecule has 0 N–H and O–H groups in total. The molecule has 0 bridgehead atoms. The van der Waals surface area contributed by atoms with Crippen LogP contribution in [0.15, 0.2) is 97.3 Å². The van der Waals surface area contributed by atoms with Crippen molar-refractivity contribution in [3.8, 4) is 22.8 Å². The van der Waals surface area contributed by atoms with Gasteiger partial charge in [-0.1, -0.05) is 99.9 Å². The second-order valence-electron chi connectivity index (χ2n) is 12.0. The van der Waals surface area contributed by atoms with Gasteiger partial charge in [0, 0.05) is 46.2 Å². The first-order valence-electron chi connectivity index (χ1n) is 15.2. The van der Waals surface area contributed by atoms with Crippen LogP contribution >= 0.6 is 0 Å². The molecular formula is C40H28N4OPt. The number of hydrogen-bond donors (Lipinski definition) is 0. The van der Waals surface area contributed by atoms with E-state index in [0.717, 1.165) is 66.0 Å². The third-order valence-electron chi connectivity index (χ3n) is 8.92. The summed E-state index contributed by atoms with van der Waals surface area (Å²) in [5, 5.41) is 6.32. The number of para-hydroxylation sites is 2. The molecule has 0 amide bonds. The molecule has 9 aromatic rings. The predicted molar refractivity (Wildman–Crippen MR) is 183 cm³/mol. The molecule has 224 valence electrons. The number of benzene rings is 5. The topological polar surface area (TPSA) is 43.8 Å². The van der Waals surface area contributed by atoms with E-state index in [-0.39, 0.29) is 21.1 Å². The molecule has 5 aromatic carbocycles. The van der Waals surface area contributed by atoms with Crippen LogP contribution in [0.1, 0.15) is 22.4 Å². The normalized spacial score (nSPS) is 11.7. The number of imidazole rings is 2. The van der Waals surface area contributed by atoms with E-state index in [2.05, 4.69) is 121 Å². The van der Waals surface area contributed by atoms with Crippen molar-refractivity contribution in [3.05, 3.63) is 132 Å². The zero-order valence-electron chi connectivity index (χ0n) is 25.8. The molecule has 0 aliphatic rings. The molecule has 0 radical (unpaired) electrons. The molecule has 0 unspecified atom stereocenters. The number of pyridine rings is 2. The summed E-state index contributed by atoms with van der Waals surface area (Å²) in [6.45, 7) is 8.52. The first-order chi connectivity index (χ1) is 21.9. The summed E-state index contributed by atoms with van der Waals surface area (Å²) in [7, 11) is 0. The Balaban J connectivity index is 0.00000312. The van der Waals surface area contributed by atoms with Gasteiger partial charge in [-0.3, -0.25) is 9.97 Å². The molecule has 0 saturated carbocycles. The van der Waals surface area contributed by atoms with Gasteiger partial charge in [0.15, 0.2) is 0 Å². The summed E-state index contributed by atoms with van der Waals surface area (Å²) in [5.41, 5.74) is 10.9. The van der Waals surface area contributed by atoms with Crippen molar-refractivity contribution < 1.29 is 25.8 Å². The number of rotatable bonds is 3. The maximum Gasteiger partial charge on any atom is 2.00 e. The van der Waals surface area contributed by atoms with Crippen LogP contribution in [-0.4, -0.2) is 18.8 Å². The van der Waals surface area contributed by atoms with Crippen LogP contribution in [0.5, 0.6) is 11.5 Å². The molecular weight excluding hydrogens is 748 g/mol. The van der Waals surface area contributed by atoms with Crippen LogP contribution in [0, 0.1) is 39.8 Å². The molecule has 46 heavy (non-hydrogen) atoms. The van der Waals surface area contributed by atoms with Crippen LogP contribution in [0.3, 0.4) is 0 Å². The van der Waals surface area contributed by atoms with Crippen molar-refractivity contribution in [3.63, 3.8) is 0 Å². The van der Waals surface area contributed by atoms with Crippen LogP contribution in [0.25, 0.3) is 65.9 Å². The van der Waals surface area contributed by atoms with Gasteiger partial charge >= 0.3 is 21.1 Å². The Morgan fingerprint density at radius 2 is 1.24 bits per heavy atom. The number of ether oxygens (including phenoxy) is 1. The van der Waals surface area contributed by atoms with Gasteiger partial charge in [0.25, 0.3) is 0 Å². The Kier molecular flexibility index (Phi) is 6.52. The smallest absolute Gasteiger partial charge is 0.497 e. The fourth-order valence-electron chi connectivity index (χ4n) is 7.19. The van der Waals surface area contributed by atoms with E-state index in [1.807, 2.05) is 25.3 Å². The van der Waals surface area contributed by atoms with Crippen LogP contribution < -0.4 is 4.74 Å². The molecule has 4 aromatic heterocycles. The monoisotopic (exact) mass is 775 g/mol. The summed E-state index contributed by atoms with van der Waals surface area (Å²) in [5.74, 6) is 1.22. The molecule has 0 fully saturated rings.